The van der Waals surface area contributed by atoms with Crippen molar-refractivity contribution in [3.05, 3.63) is 102 Å². The Kier molecular flexibility index (Phi) is 5.32. The smallest absolute Gasteiger partial charge is 0.278 e. The molecular formula is C25H22N6O2. The Balaban J connectivity index is 1.28. The number of benzene rings is 2. The number of nitrogens with zero attached hydrogens (tertiary/aromatic N) is 5. The molecule has 0 saturated heterocycles. The summed E-state index contributed by atoms with van der Waals surface area (Å²) < 4.78 is 9.50. The minimum Gasteiger partial charge on any atom is -0.487 e. The van der Waals surface area contributed by atoms with Crippen LogP contribution in [0.5, 0.6) is 5.75 Å². The van der Waals surface area contributed by atoms with Crippen molar-refractivity contribution in [2.45, 2.75) is 20.5 Å². The van der Waals surface area contributed by atoms with Crippen LogP contribution in [-0.2, 0) is 6.61 Å². The van der Waals surface area contributed by atoms with E-state index in [-0.39, 0.29) is 11.6 Å². The summed E-state index contributed by atoms with van der Waals surface area (Å²) in [5, 5.41) is 11.1. The number of carbonyl (C=O) groups excluding carboxylic acids is 1. The van der Waals surface area contributed by atoms with Crippen LogP contribution in [0.1, 0.15) is 27.4 Å². The maximum Gasteiger partial charge on any atom is 0.278 e. The Labute approximate surface area is 190 Å². The van der Waals surface area contributed by atoms with Gasteiger partial charge in [0.2, 0.25) is 0 Å². The van der Waals surface area contributed by atoms with E-state index in [1.807, 2.05) is 85.2 Å². The minimum atomic E-state index is -0.330. The van der Waals surface area contributed by atoms with Gasteiger partial charge < -0.3 is 14.5 Å². The van der Waals surface area contributed by atoms with Gasteiger partial charge >= 0.3 is 0 Å². The molecule has 0 aliphatic rings. The number of amides is 1. The normalized spacial score (nSPS) is 11.0. The molecule has 3 aromatic heterocycles. The zero-order chi connectivity index (χ0) is 22.8. The lowest BCUT2D eigenvalue weighted by atomic mass is 10.2. The molecule has 0 spiro atoms. The second-order valence-electron chi connectivity index (χ2n) is 7.74. The first-order valence-electron chi connectivity index (χ1n) is 10.5. The molecule has 0 aliphatic carbocycles. The maximum absolute atomic E-state index is 12.9. The number of carbonyl (C=O) groups is 1. The number of pyridine rings is 1. The van der Waals surface area contributed by atoms with Crippen molar-refractivity contribution in [2.24, 2.45) is 0 Å². The number of ether oxygens (including phenoxy) is 1. The van der Waals surface area contributed by atoms with E-state index in [4.69, 9.17) is 4.74 Å². The largest absolute Gasteiger partial charge is 0.487 e. The van der Waals surface area contributed by atoms with Crippen LogP contribution in [0, 0.1) is 13.8 Å². The molecule has 8 heteroatoms. The molecule has 3 heterocycles. The number of rotatable bonds is 6. The van der Waals surface area contributed by atoms with Gasteiger partial charge in [-0.3, -0.25) is 4.79 Å². The molecule has 164 valence electrons. The Bertz CT molecular complexity index is 1420. The van der Waals surface area contributed by atoms with E-state index in [1.165, 1.54) is 0 Å². The van der Waals surface area contributed by atoms with Gasteiger partial charge in [-0.15, -0.1) is 5.10 Å². The fourth-order valence-corrected chi connectivity index (χ4v) is 3.61. The first-order valence-corrected chi connectivity index (χ1v) is 10.5. The average Bonchev–Trinajstić information content (AvgIpc) is 3.41. The number of aromatic nitrogens is 5. The third-order valence-electron chi connectivity index (χ3n) is 5.25. The van der Waals surface area contributed by atoms with Crippen LogP contribution in [0.2, 0.25) is 0 Å². The fourth-order valence-electron chi connectivity index (χ4n) is 3.61. The van der Waals surface area contributed by atoms with Crippen LogP contribution in [-0.4, -0.2) is 30.3 Å². The monoisotopic (exact) mass is 438 g/mol. The number of aryl methyl sites for hydroxylation is 1. The molecule has 0 aliphatic heterocycles. The van der Waals surface area contributed by atoms with E-state index in [2.05, 4.69) is 20.6 Å². The van der Waals surface area contributed by atoms with Crippen molar-refractivity contribution in [1.82, 2.24) is 24.4 Å². The van der Waals surface area contributed by atoms with Crippen LogP contribution >= 0.6 is 0 Å². The Morgan fingerprint density at radius 2 is 1.91 bits per heavy atom. The molecule has 0 bridgehead atoms. The molecule has 0 fully saturated rings. The summed E-state index contributed by atoms with van der Waals surface area (Å²) >= 11 is 0. The van der Waals surface area contributed by atoms with Crippen LogP contribution in [0.15, 0.2) is 79.1 Å². The first-order chi connectivity index (χ1) is 16.1. The minimum absolute atomic E-state index is 0.271. The predicted octanol–water partition coefficient (Wildman–Crippen LogP) is 4.36. The molecule has 5 aromatic rings. The summed E-state index contributed by atoms with van der Waals surface area (Å²) in [6.07, 6.45) is 3.88. The van der Waals surface area contributed by atoms with E-state index in [1.54, 1.807) is 16.8 Å². The van der Waals surface area contributed by atoms with Gasteiger partial charge in [-0.05, 0) is 55.8 Å². The lowest BCUT2D eigenvalue weighted by Gasteiger charge is -2.08. The maximum atomic E-state index is 12.9. The second kappa shape index (κ2) is 8.58. The van der Waals surface area contributed by atoms with Crippen molar-refractivity contribution in [3.8, 4) is 11.4 Å². The number of hydrogen-bond donors (Lipinski definition) is 1. The molecule has 5 rings (SSSR count). The highest BCUT2D eigenvalue weighted by atomic mass is 16.5. The van der Waals surface area contributed by atoms with Crippen molar-refractivity contribution in [2.75, 3.05) is 5.32 Å². The number of anilines is 1. The second-order valence-corrected chi connectivity index (χ2v) is 7.74. The van der Waals surface area contributed by atoms with Crippen LogP contribution in [0.25, 0.3) is 11.3 Å². The SMILES string of the molecule is Cc1cccc(-n2nnc(C(=O)Nc3cccc(OCc4cn5ccccc5n4)c3)c2C)c1. The molecule has 8 nitrogen and oxygen atoms in total. The number of imidazole rings is 1. The summed E-state index contributed by atoms with van der Waals surface area (Å²) in [6, 6.07) is 21.0. The highest BCUT2D eigenvalue weighted by Crippen LogP contribution is 2.20. The van der Waals surface area contributed by atoms with Crippen LogP contribution in [0.3, 0.4) is 0 Å². The molecule has 1 amide bonds. The Hall–Kier alpha value is -4.46. The Morgan fingerprint density at radius 1 is 1.03 bits per heavy atom. The summed E-state index contributed by atoms with van der Waals surface area (Å²) in [6.45, 7) is 4.15. The molecule has 0 unspecified atom stereocenters. The standard InChI is InChI=1S/C25H22N6O2/c1-17-7-5-9-21(13-17)31-18(2)24(28-29-31)25(32)27-19-8-6-10-22(14-19)33-16-20-15-30-12-4-3-11-23(30)26-20/h3-15H,16H2,1-2H3,(H,27,32). The molecule has 0 atom stereocenters. The van der Waals surface area contributed by atoms with Crippen molar-refractivity contribution in [1.29, 1.82) is 0 Å². The van der Waals surface area contributed by atoms with E-state index >= 15 is 0 Å². The molecule has 1 N–H and O–H groups in total. The molecule has 33 heavy (non-hydrogen) atoms. The third-order valence-corrected chi connectivity index (χ3v) is 5.25. The highest BCUT2D eigenvalue weighted by molar-refractivity contribution is 6.03. The van der Waals surface area contributed by atoms with Gasteiger partial charge in [-0.1, -0.05) is 29.5 Å². The van der Waals surface area contributed by atoms with Crippen LogP contribution < -0.4 is 10.1 Å². The Morgan fingerprint density at radius 3 is 2.76 bits per heavy atom. The van der Waals surface area contributed by atoms with E-state index in [0.29, 0.717) is 23.7 Å². The summed E-state index contributed by atoms with van der Waals surface area (Å²) in [5.74, 6) is 0.300. The number of fused-ring (bicyclic) bond motifs is 1. The summed E-state index contributed by atoms with van der Waals surface area (Å²) in [7, 11) is 0. The van der Waals surface area contributed by atoms with Gasteiger partial charge in [0.1, 0.15) is 18.0 Å². The van der Waals surface area contributed by atoms with Crippen molar-refractivity contribution in [3.63, 3.8) is 0 Å². The number of nitrogens with one attached hydrogen (secondary N) is 1. The first kappa shape index (κ1) is 20.4. The van der Waals surface area contributed by atoms with Gasteiger partial charge in [-0.2, -0.15) is 0 Å². The average molecular weight is 438 g/mol. The van der Waals surface area contributed by atoms with E-state index in [0.717, 1.165) is 22.6 Å². The summed E-state index contributed by atoms with van der Waals surface area (Å²) in [5.41, 5.74) is 5.20. The zero-order valence-electron chi connectivity index (χ0n) is 18.3. The number of hydrogen-bond acceptors (Lipinski definition) is 5. The quantitative estimate of drug-likeness (QED) is 0.426. The molecular weight excluding hydrogens is 416 g/mol. The van der Waals surface area contributed by atoms with Gasteiger partial charge in [0.15, 0.2) is 5.69 Å². The molecule has 0 saturated carbocycles. The van der Waals surface area contributed by atoms with Crippen molar-refractivity contribution < 1.29 is 9.53 Å². The van der Waals surface area contributed by atoms with Gasteiger partial charge in [0.25, 0.3) is 5.91 Å². The van der Waals surface area contributed by atoms with Crippen molar-refractivity contribution >= 4 is 17.2 Å². The lowest BCUT2D eigenvalue weighted by molar-refractivity contribution is 0.102. The lowest BCUT2D eigenvalue weighted by Crippen LogP contribution is -2.14. The van der Waals surface area contributed by atoms with E-state index < -0.39 is 0 Å². The van der Waals surface area contributed by atoms with Gasteiger partial charge in [-0.25, -0.2) is 9.67 Å². The van der Waals surface area contributed by atoms with Crippen LogP contribution in [0.4, 0.5) is 5.69 Å². The molecule has 0 radical (unpaired) electrons. The fraction of sp³-hybridized carbons (Fsp3) is 0.120. The summed E-state index contributed by atoms with van der Waals surface area (Å²) in [4.78, 5) is 17.4. The predicted molar refractivity (Wildman–Crippen MR) is 125 cm³/mol. The van der Waals surface area contributed by atoms with E-state index in [9.17, 15) is 4.79 Å². The zero-order valence-corrected chi connectivity index (χ0v) is 18.3. The molecule has 2 aromatic carbocycles. The third kappa shape index (κ3) is 4.31. The van der Waals surface area contributed by atoms with Gasteiger partial charge in [0.05, 0.1) is 17.1 Å². The highest BCUT2D eigenvalue weighted by Gasteiger charge is 2.18. The topological polar surface area (TPSA) is 86.3 Å². The van der Waals surface area contributed by atoms with Gasteiger partial charge in [0, 0.05) is 24.1 Å².